The second-order valence-electron chi connectivity index (χ2n) is 4.99. The van der Waals surface area contributed by atoms with E-state index in [1.54, 1.807) is 0 Å². The van der Waals surface area contributed by atoms with E-state index in [2.05, 4.69) is 27.9 Å². The van der Waals surface area contributed by atoms with E-state index in [1.165, 1.54) is 13.3 Å². The number of carbonyl (C=O) groups excluding carboxylic acids is 1. The lowest BCUT2D eigenvalue weighted by Crippen LogP contribution is -2.50. The average molecular weight is 346 g/mol. The second-order valence-corrected chi connectivity index (χ2v) is 6.59. The van der Waals surface area contributed by atoms with Crippen LogP contribution in [0.5, 0.6) is 0 Å². The Morgan fingerprint density at radius 2 is 2.53 bits per heavy atom. The number of alkyl halides is 1. The minimum absolute atomic E-state index is 0.197. The number of amides is 1. The van der Waals surface area contributed by atoms with Gasteiger partial charge in [0.05, 0.1) is 12.7 Å². The van der Waals surface area contributed by atoms with Gasteiger partial charge < -0.3 is 10.4 Å². The average Bonchev–Trinajstić information content (AvgIpc) is 2.66. The summed E-state index contributed by atoms with van der Waals surface area (Å²) < 4.78 is 0.527. The number of nitrogens with one attached hydrogen (secondary N) is 1. The Bertz CT molecular complexity index is 415. The van der Waals surface area contributed by atoms with Crippen molar-refractivity contribution in [2.45, 2.75) is 29.2 Å². The molecular weight excluding hydrogens is 331 g/mol. The van der Waals surface area contributed by atoms with Crippen molar-refractivity contribution in [2.75, 3.05) is 6.61 Å². The van der Waals surface area contributed by atoms with Gasteiger partial charge in [-0.25, -0.2) is 0 Å². The van der Waals surface area contributed by atoms with E-state index in [0.29, 0.717) is 15.8 Å². The van der Waals surface area contributed by atoms with Crippen LogP contribution < -0.4 is 5.32 Å². The van der Waals surface area contributed by atoms with Crippen LogP contribution in [0.2, 0.25) is 0 Å². The molecule has 0 radical (unpaired) electrons. The molecule has 1 saturated carbocycles. The Morgan fingerprint density at radius 3 is 3.06 bits per heavy atom. The predicted molar refractivity (Wildman–Crippen MR) is 71.4 cm³/mol. The minimum Gasteiger partial charge on any atom is -0.393 e. The first kappa shape index (κ1) is 12.8. The van der Waals surface area contributed by atoms with E-state index in [9.17, 15) is 4.79 Å². The molecule has 0 aromatic rings. The van der Waals surface area contributed by atoms with Gasteiger partial charge in [0.1, 0.15) is 5.54 Å². The van der Waals surface area contributed by atoms with Crippen molar-refractivity contribution >= 4 is 28.5 Å². The number of fused-ring (bicyclic) bond motifs is 1. The molecule has 0 saturated heterocycles. The van der Waals surface area contributed by atoms with Crippen molar-refractivity contribution in [3.05, 3.63) is 11.6 Å². The third-order valence-electron chi connectivity index (χ3n) is 3.64. The Hall–Kier alpha value is -0.610. The number of halogens is 1. The largest absolute Gasteiger partial charge is 0.393 e. The lowest BCUT2D eigenvalue weighted by atomic mass is 9.73. The Balaban J connectivity index is 2.05. The van der Waals surface area contributed by atoms with Crippen molar-refractivity contribution in [1.29, 1.82) is 5.26 Å². The lowest BCUT2D eigenvalue weighted by molar-refractivity contribution is -0.119. The first-order valence-electron chi connectivity index (χ1n) is 5.69. The number of allylic oxidation sites excluding steroid dienone is 1. The number of rotatable bonds is 3. The maximum atomic E-state index is 12.1. The fourth-order valence-electron chi connectivity index (χ4n) is 2.46. The number of carbonyl (C=O) groups is 1. The second kappa shape index (κ2) is 4.58. The van der Waals surface area contributed by atoms with E-state index in [4.69, 9.17) is 10.4 Å². The van der Waals surface area contributed by atoms with E-state index in [0.717, 1.165) is 12.0 Å². The highest BCUT2D eigenvalue weighted by Crippen LogP contribution is 2.50. The van der Waals surface area contributed by atoms with Crippen molar-refractivity contribution in [3.8, 4) is 6.07 Å². The molecule has 92 valence electrons. The van der Waals surface area contributed by atoms with Crippen LogP contribution in [-0.4, -0.2) is 27.1 Å². The van der Waals surface area contributed by atoms with Crippen molar-refractivity contribution in [3.63, 3.8) is 0 Å². The Morgan fingerprint density at radius 1 is 1.82 bits per heavy atom. The molecule has 2 unspecified atom stereocenters. The highest BCUT2D eigenvalue weighted by atomic mass is 127. The third kappa shape index (κ3) is 2.20. The Labute approximate surface area is 114 Å². The van der Waals surface area contributed by atoms with Crippen LogP contribution in [0.3, 0.4) is 0 Å². The van der Waals surface area contributed by atoms with E-state index in [-0.39, 0.29) is 12.5 Å². The summed E-state index contributed by atoms with van der Waals surface area (Å²) >= 11 is 2.38. The minimum atomic E-state index is -1.18. The van der Waals surface area contributed by atoms with Gasteiger partial charge in [-0.15, -0.1) is 0 Å². The molecule has 0 aliphatic heterocycles. The van der Waals surface area contributed by atoms with Gasteiger partial charge in [0.15, 0.2) is 0 Å². The summed E-state index contributed by atoms with van der Waals surface area (Å²) in [5.74, 6) is 0.759. The van der Waals surface area contributed by atoms with Gasteiger partial charge in [-0.3, -0.25) is 4.79 Å². The van der Waals surface area contributed by atoms with Crippen LogP contribution >= 0.6 is 22.6 Å². The number of hydrogen-bond donors (Lipinski definition) is 2. The van der Waals surface area contributed by atoms with Gasteiger partial charge in [-0.1, -0.05) is 28.7 Å². The van der Waals surface area contributed by atoms with Crippen molar-refractivity contribution in [2.24, 2.45) is 11.8 Å². The monoisotopic (exact) mass is 346 g/mol. The number of nitrogens with zero attached hydrogens (tertiary/aromatic N) is 1. The fourth-order valence-corrected chi connectivity index (χ4v) is 4.09. The normalized spacial score (nSPS) is 33.8. The van der Waals surface area contributed by atoms with Gasteiger partial charge in [-0.2, -0.15) is 5.26 Å². The molecule has 17 heavy (non-hydrogen) atoms. The van der Waals surface area contributed by atoms with E-state index in [1.807, 2.05) is 12.1 Å². The summed E-state index contributed by atoms with van der Waals surface area (Å²) in [5.41, 5.74) is -0.379. The molecule has 4 nitrogen and oxygen atoms in total. The molecule has 0 bridgehead atoms. The quantitative estimate of drug-likeness (QED) is 0.595. The SMILES string of the molecule is CC(C#N)(CO)NC(=O)C1=CC[C@H]2CC(I)[C@@H]12. The zero-order valence-electron chi connectivity index (χ0n) is 9.61. The lowest BCUT2D eigenvalue weighted by Gasteiger charge is -2.38. The summed E-state index contributed by atoms with van der Waals surface area (Å²) in [6, 6.07) is 1.93. The number of hydrogen-bond acceptors (Lipinski definition) is 3. The molecule has 5 heteroatoms. The summed E-state index contributed by atoms with van der Waals surface area (Å²) in [7, 11) is 0. The number of aliphatic hydroxyl groups excluding tert-OH is 1. The molecule has 1 fully saturated rings. The molecular formula is C12H15IN2O2. The molecule has 1 amide bonds. The molecule has 0 heterocycles. The smallest absolute Gasteiger partial charge is 0.248 e. The van der Waals surface area contributed by atoms with Gasteiger partial charge >= 0.3 is 0 Å². The summed E-state index contributed by atoms with van der Waals surface area (Å²) in [6.07, 6.45) is 4.13. The van der Waals surface area contributed by atoms with Crippen molar-refractivity contribution in [1.82, 2.24) is 5.32 Å². The first-order valence-corrected chi connectivity index (χ1v) is 6.94. The molecule has 0 aromatic carbocycles. The van der Waals surface area contributed by atoms with Gasteiger partial charge in [0, 0.05) is 15.4 Å². The summed E-state index contributed by atoms with van der Waals surface area (Å²) in [4.78, 5) is 12.1. The summed E-state index contributed by atoms with van der Waals surface area (Å²) in [6.45, 7) is 1.16. The predicted octanol–water partition coefficient (Wildman–Crippen LogP) is 1.15. The van der Waals surface area contributed by atoms with Crippen LogP contribution in [0.15, 0.2) is 11.6 Å². The van der Waals surface area contributed by atoms with Gasteiger partial charge in [0.25, 0.3) is 0 Å². The molecule has 0 spiro atoms. The number of nitriles is 1. The van der Waals surface area contributed by atoms with E-state index < -0.39 is 5.54 Å². The Kier molecular flexibility index (Phi) is 3.46. The first-order chi connectivity index (χ1) is 8.00. The highest BCUT2D eigenvalue weighted by Gasteiger charge is 2.46. The highest BCUT2D eigenvalue weighted by molar-refractivity contribution is 14.1. The van der Waals surface area contributed by atoms with Crippen LogP contribution in [0.4, 0.5) is 0 Å². The summed E-state index contributed by atoms with van der Waals surface area (Å²) in [5, 5.41) is 20.6. The zero-order chi connectivity index (χ0) is 12.6. The van der Waals surface area contributed by atoms with Crippen LogP contribution in [0.1, 0.15) is 19.8 Å². The molecule has 2 aliphatic rings. The number of aliphatic hydroxyl groups is 1. The molecule has 4 atom stereocenters. The molecule has 2 rings (SSSR count). The van der Waals surface area contributed by atoms with Crippen LogP contribution in [-0.2, 0) is 4.79 Å². The van der Waals surface area contributed by atoms with E-state index >= 15 is 0 Å². The van der Waals surface area contributed by atoms with Gasteiger partial charge in [0.2, 0.25) is 5.91 Å². The van der Waals surface area contributed by atoms with Crippen LogP contribution in [0, 0.1) is 23.2 Å². The maximum absolute atomic E-state index is 12.1. The third-order valence-corrected chi connectivity index (χ3v) is 4.92. The van der Waals surface area contributed by atoms with Gasteiger partial charge in [-0.05, 0) is 25.7 Å². The zero-order valence-corrected chi connectivity index (χ0v) is 11.8. The standard InChI is InChI=1S/C12H15IN2O2/c1-12(5-14,6-16)15-11(17)8-3-2-7-4-9(13)10(7)8/h3,7,9-10,16H,2,4,6H2,1H3,(H,15,17)/t7-,9?,10+,12?/m0/s1. The fraction of sp³-hybridized carbons (Fsp3) is 0.667. The van der Waals surface area contributed by atoms with Crippen molar-refractivity contribution < 1.29 is 9.90 Å². The maximum Gasteiger partial charge on any atom is 0.248 e. The van der Waals surface area contributed by atoms with Crippen LogP contribution in [0.25, 0.3) is 0 Å². The topological polar surface area (TPSA) is 73.1 Å². The molecule has 2 aliphatic carbocycles. The molecule has 0 aromatic heterocycles. The molecule has 2 N–H and O–H groups in total.